The number of methoxy groups -OCH3 is 1. The molecule has 0 spiro atoms. The Morgan fingerprint density at radius 2 is 1.97 bits per heavy atom. The third-order valence-corrected chi connectivity index (χ3v) is 6.36. The summed E-state index contributed by atoms with van der Waals surface area (Å²) in [5, 5.41) is 3.69. The first-order valence-corrected chi connectivity index (χ1v) is 11.2. The SMILES string of the molecule is C.COC[C@H](NC(=O)C1(N)CCN(c2ncnc(N)c2C2=CCN=C2)CC1)c1ccc(Cl)cc1. The van der Waals surface area contributed by atoms with Crippen LogP contribution in [0.25, 0.3) is 5.57 Å². The van der Waals surface area contributed by atoms with Gasteiger partial charge in [-0.1, -0.05) is 37.2 Å². The number of allylic oxidation sites excluding steroid dienone is 1. The molecule has 1 atom stereocenters. The van der Waals surface area contributed by atoms with Crippen molar-refractivity contribution in [2.75, 3.05) is 44.0 Å². The molecule has 0 saturated carbocycles. The van der Waals surface area contributed by atoms with Crippen LogP contribution >= 0.6 is 11.6 Å². The smallest absolute Gasteiger partial charge is 0.240 e. The highest BCUT2D eigenvalue weighted by atomic mass is 35.5. The second kappa shape index (κ2) is 10.9. The highest BCUT2D eigenvalue weighted by Crippen LogP contribution is 2.33. The standard InChI is InChI=1S/C23H28ClN7O2.CH4/c1-33-13-18(15-2-4-17(24)5-3-15)30-22(32)23(26)7-10-31(11-8-23)21-19(16-6-9-27-12-16)20(25)28-14-29-21;/h2-6,12,14,18H,7-11,13,26H2,1H3,(H,30,32)(H2,25,28,29);1H4/t18-;/m0./s1. The molecule has 1 fully saturated rings. The molecule has 2 aromatic rings. The minimum absolute atomic E-state index is 0. The zero-order valence-electron chi connectivity index (χ0n) is 18.5. The van der Waals surface area contributed by atoms with Gasteiger partial charge >= 0.3 is 0 Å². The van der Waals surface area contributed by atoms with Gasteiger partial charge in [-0.2, -0.15) is 0 Å². The summed E-state index contributed by atoms with van der Waals surface area (Å²) in [6, 6.07) is 7.01. The Labute approximate surface area is 205 Å². The fraction of sp³-hybridized carbons (Fsp3) is 0.417. The number of nitrogens with two attached hydrogens (primary N) is 2. The lowest BCUT2D eigenvalue weighted by atomic mass is 9.87. The predicted octanol–water partition coefficient (Wildman–Crippen LogP) is 2.62. The van der Waals surface area contributed by atoms with Crippen LogP contribution in [0.2, 0.25) is 5.02 Å². The van der Waals surface area contributed by atoms with Gasteiger partial charge in [0.1, 0.15) is 18.0 Å². The molecule has 0 aliphatic carbocycles. The summed E-state index contributed by atoms with van der Waals surface area (Å²) in [6.07, 6.45) is 6.18. The summed E-state index contributed by atoms with van der Waals surface area (Å²) in [5.74, 6) is 0.947. The van der Waals surface area contributed by atoms with Gasteiger partial charge in [-0.05, 0) is 30.5 Å². The molecule has 3 heterocycles. The van der Waals surface area contributed by atoms with Crippen molar-refractivity contribution in [3.05, 3.63) is 52.8 Å². The van der Waals surface area contributed by atoms with Crippen molar-refractivity contribution in [2.24, 2.45) is 10.7 Å². The Balaban J connectivity index is 0.00000324. The number of hydrogen-bond acceptors (Lipinski definition) is 8. The van der Waals surface area contributed by atoms with Crippen molar-refractivity contribution in [1.29, 1.82) is 0 Å². The summed E-state index contributed by atoms with van der Waals surface area (Å²) in [4.78, 5) is 28.2. The van der Waals surface area contributed by atoms with Crippen LogP contribution in [-0.4, -0.2) is 61.0 Å². The summed E-state index contributed by atoms with van der Waals surface area (Å²) in [6.45, 7) is 2.07. The second-order valence-electron chi connectivity index (χ2n) is 8.29. The average molecular weight is 486 g/mol. The van der Waals surface area contributed by atoms with E-state index < -0.39 is 5.54 Å². The Kier molecular flexibility index (Phi) is 8.24. The molecule has 1 amide bonds. The highest BCUT2D eigenvalue weighted by Gasteiger charge is 2.39. The summed E-state index contributed by atoms with van der Waals surface area (Å²) < 4.78 is 5.32. The van der Waals surface area contributed by atoms with Crippen molar-refractivity contribution in [3.8, 4) is 0 Å². The maximum absolute atomic E-state index is 13.2. The number of aromatic nitrogens is 2. The summed E-state index contributed by atoms with van der Waals surface area (Å²) in [7, 11) is 1.60. The number of carbonyl (C=O) groups is 1. The zero-order valence-corrected chi connectivity index (χ0v) is 19.3. The molecule has 9 nitrogen and oxygen atoms in total. The van der Waals surface area contributed by atoms with Crippen LogP contribution in [0.4, 0.5) is 11.6 Å². The lowest BCUT2D eigenvalue weighted by Gasteiger charge is -2.39. The predicted molar refractivity (Wildman–Crippen MR) is 137 cm³/mol. The highest BCUT2D eigenvalue weighted by molar-refractivity contribution is 6.30. The topological polar surface area (TPSA) is 132 Å². The van der Waals surface area contributed by atoms with Crippen LogP contribution in [0.5, 0.6) is 0 Å². The van der Waals surface area contributed by atoms with Crippen LogP contribution < -0.4 is 21.7 Å². The Hall–Kier alpha value is -3.01. The number of benzene rings is 1. The van der Waals surface area contributed by atoms with Crippen molar-refractivity contribution in [2.45, 2.75) is 31.8 Å². The molecule has 0 bridgehead atoms. The summed E-state index contributed by atoms with van der Waals surface area (Å²) >= 11 is 6.00. The van der Waals surface area contributed by atoms with E-state index in [2.05, 4.69) is 25.2 Å². The maximum Gasteiger partial charge on any atom is 0.240 e. The third-order valence-electron chi connectivity index (χ3n) is 6.11. The fourth-order valence-corrected chi connectivity index (χ4v) is 4.28. The Bertz CT molecular complexity index is 1060. The van der Waals surface area contributed by atoms with Gasteiger partial charge in [0.15, 0.2) is 0 Å². The van der Waals surface area contributed by atoms with Gasteiger partial charge in [-0.3, -0.25) is 9.79 Å². The molecule has 1 aromatic heterocycles. The van der Waals surface area contributed by atoms with Gasteiger partial charge in [0.25, 0.3) is 0 Å². The number of piperidine rings is 1. The summed E-state index contributed by atoms with van der Waals surface area (Å²) in [5.41, 5.74) is 14.4. The number of nitrogens with one attached hydrogen (secondary N) is 1. The van der Waals surface area contributed by atoms with Crippen molar-refractivity contribution in [3.63, 3.8) is 0 Å². The van der Waals surface area contributed by atoms with E-state index in [1.165, 1.54) is 6.33 Å². The molecule has 0 unspecified atom stereocenters. The van der Waals surface area contributed by atoms with Crippen LogP contribution in [0.15, 0.2) is 41.7 Å². The monoisotopic (exact) mass is 485 g/mol. The third kappa shape index (κ3) is 5.38. The number of hydrogen-bond donors (Lipinski definition) is 3. The van der Waals surface area contributed by atoms with E-state index in [-0.39, 0.29) is 19.4 Å². The van der Waals surface area contributed by atoms with E-state index in [1.54, 1.807) is 25.5 Å². The first kappa shape index (κ1) is 25.6. The average Bonchev–Trinajstić information content (AvgIpc) is 3.34. The molecule has 2 aliphatic rings. The molecule has 1 saturated heterocycles. The van der Waals surface area contributed by atoms with E-state index >= 15 is 0 Å². The van der Waals surface area contributed by atoms with Gasteiger partial charge in [0.2, 0.25) is 5.91 Å². The molecule has 182 valence electrons. The molecule has 2 aliphatic heterocycles. The number of carbonyl (C=O) groups excluding carboxylic acids is 1. The molecule has 0 radical (unpaired) electrons. The number of amides is 1. The van der Waals surface area contributed by atoms with Gasteiger partial charge in [-0.25, -0.2) is 9.97 Å². The van der Waals surface area contributed by atoms with Crippen LogP contribution in [0, 0.1) is 0 Å². The molecular formula is C24H32ClN7O2. The lowest BCUT2D eigenvalue weighted by molar-refractivity contribution is -0.128. The van der Waals surface area contributed by atoms with E-state index in [4.69, 9.17) is 27.8 Å². The van der Waals surface area contributed by atoms with Crippen molar-refractivity contribution < 1.29 is 9.53 Å². The second-order valence-corrected chi connectivity index (χ2v) is 8.72. The van der Waals surface area contributed by atoms with E-state index in [0.717, 1.165) is 22.5 Å². The quantitative estimate of drug-likeness (QED) is 0.549. The van der Waals surface area contributed by atoms with Gasteiger partial charge in [0, 0.05) is 37.0 Å². The molecule has 10 heteroatoms. The molecule has 4 rings (SSSR count). The largest absolute Gasteiger partial charge is 0.383 e. The first-order valence-electron chi connectivity index (χ1n) is 10.8. The van der Waals surface area contributed by atoms with Gasteiger partial charge in [-0.15, -0.1) is 0 Å². The normalized spacial score (nSPS) is 17.6. The number of rotatable bonds is 7. The van der Waals surface area contributed by atoms with Crippen LogP contribution in [0.1, 0.15) is 37.4 Å². The number of halogens is 1. The Morgan fingerprint density at radius 1 is 1.26 bits per heavy atom. The van der Waals surface area contributed by atoms with Crippen LogP contribution in [-0.2, 0) is 9.53 Å². The fourth-order valence-electron chi connectivity index (χ4n) is 4.16. The zero-order chi connectivity index (χ0) is 23.4. The van der Waals surface area contributed by atoms with E-state index in [1.807, 2.05) is 18.2 Å². The first-order chi connectivity index (χ1) is 15.9. The maximum atomic E-state index is 13.2. The van der Waals surface area contributed by atoms with Crippen molar-refractivity contribution >= 4 is 40.9 Å². The number of nitrogens with zero attached hydrogens (tertiary/aromatic N) is 4. The van der Waals surface area contributed by atoms with Gasteiger partial charge in [0.05, 0.1) is 30.3 Å². The van der Waals surface area contributed by atoms with Crippen molar-refractivity contribution in [1.82, 2.24) is 15.3 Å². The molecule has 5 N–H and O–H groups in total. The minimum atomic E-state index is -0.998. The van der Waals surface area contributed by atoms with E-state index in [0.29, 0.717) is 49.9 Å². The number of nitrogen functional groups attached to an aromatic ring is 1. The minimum Gasteiger partial charge on any atom is -0.383 e. The number of aliphatic imine (C=N–C) groups is 1. The number of ether oxygens (including phenoxy) is 1. The van der Waals surface area contributed by atoms with Gasteiger partial charge < -0.3 is 26.4 Å². The number of anilines is 2. The van der Waals surface area contributed by atoms with E-state index in [9.17, 15) is 4.79 Å². The molecular weight excluding hydrogens is 454 g/mol. The van der Waals surface area contributed by atoms with Crippen LogP contribution in [0.3, 0.4) is 0 Å². The lowest BCUT2D eigenvalue weighted by Crippen LogP contribution is -2.60. The Morgan fingerprint density at radius 3 is 2.59 bits per heavy atom. The molecule has 34 heavy (non-hydrogen) atoms. The molecule has 1 aromatic carbocycles.